The molecule has 1 aliphatic rings. The summed E-state index contributed by atoms with van der Waals surface area (Å²) in [5, 5.41) is 9.18. The predicted molar refractivity (Wildman–Crippen MR) is 108 cm³/mol. The third kappa shape index (κ3) is 3.79. The van der Waals surface area contributed by atoms with Gasteiger partial charge in [0.2, 0.25) is 0 Å². The molecule has 4 rings (SSSR count). The second-order valence-electron chi connectivity index (χ2n) is 7.51. The van der Waals surface area contributed by atoms with Crippen molar-refractivity contribution in [2.75, 3.05) is 7.11 Å². The highest BCUT2D eigenvalue weighted by atomic mass is 79.9. The van der Waals surface area contributed by atoms with Gasteiger partial charge in [0.1, 0.15) is 23.0 Å². The number of carbonyl (C=O) groups excluding carboxylic acids is 1. The van der Waals surface area contributed by atoms with Crippen LogP contribution in [0.2, 0.25) is 0 Å². The summed E-state index contributed by atoms with van der Waals surface area (Å²) in [6.45, 7) is 0.463. The molecule has 0 saturated heterocycles. The molecule has 1 aromatic carbocycles. The molecule has 0 N–H and O–H groups in total. The number of nitrogens with zero attached hydrogens (tertiary/aromatic N) is 4. The number of esters is 1. The number of benzene rings is 1. The Morgan fingerprint density at radius 1 is 1.30 bits per heavy atom. The lowest BCUT2D eigenvalue weighted by atomic mass is 10.0. The maximum absolute atomic E-state index is 14.4. The van der Waals surface area contributed by atoms with Gasteiger partial charge in [-0.05, 0) is 58.6 Å². The van der Waals surface area contributed by atoms with E-state index in [4.69, 9.17) is 4.74 Å². The summed E-state index contributed by atoms with van der Waals surface area (Å²) in [4.78, 5) is 20.9. The van der Waals surface area contributed by atoms with E-state index in [0.29, 0.717) is 30.0 Å². The molecule has 0 unspecified atom stereocenters. The van der Waals surface area contributed by atoms with E-state index in [2.05, 4.69) is 32.0 Å². The van der Waals surface area contributed by atoms with Gasteiger partial charge >= 0.3 is 5.97 Å². The Balaban J connectivity index is 1.82. The van der Waals surface area contributed by atoms with Gasteiger partial charge in [-0.1, -0.05) is 0 Å². The first-order valence-corrected chi connectivity index (χ1v) is 10.1. The van der Waals surface area contributed by atoms with Gasteiger partial charge in [-0.2, -0.15) is 5.26 Å². The van der Waals surface area contributed by atoms with E-state index < -0.39 is 17.6 Å². The topological polar surface area (TPSA) is 80.8 Å². The predicted octanol–water partition coefficient (Wildman–Crippen LogP) is 4.54. The fourth-order valence-corrected chi connectivity index (χ4v) is 3.82. The summed E-state index contributed by atoms with van der Waals surface area (Å²) in [6.07, 6.45) is 2.20. The van der Waals surface area contributed by atoms with Crippen LogP contribution in [-0.4, -0.2) is 27.6 Å². The van der Waals surface area contributed by atoms with Gasteiger partial charge in [-0.15, -0.1) is 0 Å². The van der Waals surface area contributed by atoms with Crippen LogP contribution in [0.3, 0.4) is 0 Å². The van der Waals surface area contributed by atoms with Gasteiger partial charge in [-0.3, -0.25) is 0 Å². The van der Waals surface area contributed by atoms with Crippen LogP contribution in [0.5, 0.6) is 0 Å². The molecule has 0 aliphatic heterocycles. The molecule has 0 bridgehead atoms. The van der Waals surface area contributed by atoms with Crippen molar-refractivity contribution < 1.29 is 18.3 Å². The lowest BCUT2D eigenvalue weighted by Crippen LogP contribution is -2.15. The monoisotopic (exact) mass is 474 g/mol. The summed E-state index contributed by atoms with van der Waals surface area (Å²) >= 11 is 2.98. The number of methoxy groups -OCH3 is 1. The smallest absolute Gasteiger partial charge is 0.356 e. The van der Waals surface area contributed by atoms with Crippen molar-refractivity contribution in [3.63, 3.8) is 0 Å². The van der Waals surface area contributed by atoms with Crippen molar-refractivity contribution >= 4 is 33.1 Å². The van der Waals surface area contributed by atoms with E-state index in [0.717, 1.165) is 25.0 Å². The molecule has 30 heavy (non-hydrogen) atoms. The fraction of sp³-hybridized carbons (Fsp3) is 0.333. The molecular formula is C21H17BrF2N4O2. The van der Waals surface area contributed by atoms with Crippen molar-refractivity contribution in [1.29, 1.82) is 5.26 Å². The molecule has 154 valence electrons. The number of rotatable bonds is 6. The quantitative estimate of drug-likeness (QED) is 0.386. The average Bonchev–Trinajstić information content (AvgIpc) is 3.40. The second kappa shape index (κ2) is 7.76. The van der Waals surface area contributed by atoms with Gasteiger partial charge in [0.15, 0.2) is 11.3 Å². The van der Waals surface area contributed by atoms with Crippen LogP contribution in [0.1, 0.15) is 41.1 Å². The maximum atomic E-state index is 14.4. The maximum Gasteiger partial charge on any atom is 0.356 e. The molecule has 0 spiro atoms. The first kappa shape index (κ1) is 20.4. The molecular weight excluding hydrogens is 458 g/mol. The van der Waals surface area contributed by atoms with Gasteiger partial charge in [-0.25, -0.2) is 23.5 Å². The Bertz CT molecular complexity index is 1200. The third-order valence-electron chi connectivity index (χ3n) is 5.41. The van der Waals surface area contributed by atoms with E-state index in [-0.39, 0.29) is 27.6 Å². The Kier molecular flexibility index (Phi) is 5.28. The van der Waals surface area contributed by atoms with Crippen LogP contribution in [-0.2, 0) is 17.7 Å². The number of carbonyl (C=O) groups is 1. The van der Waals surface area contributed by atoms with Gasteiger partial charge in [0.05, 0.1) is 17.7 Å². The molecule has 1 aliphatic carbocycles. The Morgan fingerprint density at radius 2 is 2.07 bits per heavy atom. The lowest BCUT2D eigenvalue weighted by Gasteiger charge is -2.15. The van der Waals surface area contributed by atoms with E-state index in [9.17, 15) is 18.8 Å². The van der Waals surface area contributed by atoms with Gasteiger partial charge in [0, 0.05) is 24.8 Å². The van der Waals surface area contributed by atoms with Crippen LogP contribution in [0.15, 0.2) is 28.7 Å². The van der Waals surface area contributed by atoms with Crippen molar-refractivity contribution in [1.82, 2.24) is 14.5 Å². The van der Waals surface area contributed by atoms with Gasteiger partial charge < -0.3 is 9.30 Å². The highest BCUT2D eigenvalue weighted by Gasteiger charge is 2.43. The highest BCUT2D eigenvalue weighted by Crippen LogP contribution is 2.50. The summed E-state index contributed by atoms with van der Waals surface area (Å²) in [6, 6.07) is 7.60. The minimum absolute atomic E-state index is 0.0442. The number of hydrogen-bond acceptors (Lipinski definition) is 5. The van der Waals surface area contributed by atoms with E-state index in [1.54, 1.807) is 6.07 Å². The summed E-state index contributed by atoms with van der Waals surface area (Å²) in [7, 11) is 1.27. The average molecular weight is 475 g/mol. The molecule has 2 aromatic heterocycles. The van der Waals surface area contributed by atoms with Crippen molar-refractivity contribution in [3.05, 3.63) is 57.5 Å². The Labute approximate surface area is 179 Å². The van der Waals surface area contributed by atoms with Crippen LogP contribution >= 0.6 is 15.9 Å². The standard InChI is InChI=1S/C21H17BrF2N4O2/c1-30-20(29)17-3-2-16-19(27-17)28(11-21(4-5-21)6-7-25)18(26-16)9-12-8-15(24)13(22)10-14(12)23/h2-3,8,10H,4-6,9,11H2,1H3. The van der Waals surface area contributed by atoms with E-state index >= 15 is 0 Å². The van der Waals surface area contributed by atoms with Crippen LogP contribution in [0.25, 0.3) is 11.2 Å². The van der Waals surface area contributed by atoms with Crippen molar-refractivity contribution in [2.45, 2.75) is 32.2 Å². The molecule has 0 amide bonds. The number of ether oxygens (including phenoxy) is 1. The summed E-state index contributed by atoms with van der Waals surface area (Å²) in [5.74, 6) is -1.21. The third-order valence-corrected chi connectivity index (χ3v) is 6.02. The first-order valence-electron chi connectivity index (χ1n) is 9.31. The molecule has 3 aromatic rings. The minimum Gasteiger partial charge on any atom is -0.464 e. The van der Waals surface area contributed by atoms with Crippen LogP contribution in [0, 0.1) is 28.4 Å². The number of halogens is 3. The van der Waals surface area contributed by atoms with E-state index in [1.807, 2.05) is 4.57 Å². The molecule has 9 heteroatoms. The number of hydrogen-bond donors (Lipinski definition) is 0. The molecule has 1 fully saturated rings. The number of aromatic nitrogens is 3. The lowest BCUT2D eigenvalue weighted by molar-refractivity contribution is 0.0594. The normalized spacial score (nSPS) is 14.5. The number of pyridine rings is 1. The Hall–Kier alpha value is -2.86. The molecule has 0 radical (unpaired) electrons. The number of imidazole rings is 1. The van der Waals surface area contributed by atoms with E-state index in [1.165, 1.54) is 13.2 Å². The minimum atomic E-state index is -0.578. The number of nitriles is 1. The molecule has 0 atom stereocenters. The summed E-state index contributed by atoms with van der Waals surface area (Å²) in [5.41, 5.74) is 1.08. The molecule has 6 nitrogen and oxygen atoms in total. The summed E-state index contributed by atoms with van der Waals surface area (Å²) < 4.78 is 35.0. The van der Waals surface area contributed by atoms with Crippen LogP contribution in [0.4, 0.5) is 8.78 Å². The second-order valence-corrected chi connectivity index (χ2v) is 8.37. The zero-order valence-electron chi connectivity index (χ0n) is 16.1. The molecule has 2 heterocycles. The first-order chi connectivity index (χ1) is 14.4. The highest BCUT2D eigenvalue weighted by molar-refractivity contribution is 9.10. The molecule has 1 saturated carbocycles. The zero-order chi connectivity index (χ0) is 21.5. The Morgan fingerprint density at radius 3 is 2.73 bits per heavy atom. The van der Waals surface area contributed by atoms with Gasteiger partial charge in [0.25, 0.3) is 0 Å². The largest absolute Gasteiger partial charge is 0.464 e. The van der Waals surface area contributed by atoms with Crippen molar-refractivity contribution in [2.24, 2.45) is 5.41 Å². The SMILES string of the molecule is COC(=O)c1ccc2nc(Cc3cc(F)c(Br)cc3F)n(CC3(CC#N)CC3)c2n1. The van der Waals surface area contributed by atoms with Crippen LogP contribution < -0.4 is 0 Å². The fourth-order valence-electron chi connectivity index (χ4n) is 3.51. The zero-order valence-corrected chi connectivity index (χ0v) is 17.7. The number of fused-ring (bicyclic) bond motifs is 1. The van der Waals surface area contributed by atoms with Crippen molar-refractivity contribution in [3.8, 4) is 6.07 Å².